The lowest BCUT2D eigenvalue weighted by Gasteiger charge is -2.23. The zero-order valence-corrected chi connectivity index (χ0v) is 12.4. The third-order valence-electron chi connectivity index (χ3n) is 4.07. The summed E-state index contributed by atoms with van der Waals surface area (Å²) in [5.41, 5.74) is 1.90. The Morgan fingerprint density at radius 1 is 1.50 bits per heavy atom. The monoisotopic (exact) mass is 303 g/mol. The van der Waals surface area contributed by atoms with Crippen LogP contribution in [0.2, 0.25) is 0 Å². The molecular formula is C16H18FN3O2. The molecule has 0 radical (unpaired) electrons. The van der Waals surface area contributed by atoms with E-state index in [1.165, 1.54) is 19.2 Å². The van der Waals surface area contributed by atoms with Gasteiger partial charge in [-0.2, -0.15) is 5.10 Å². The van der Waals surface area contributed by atoms with Crippen LogP contribution in [0.3, 0.4) is 0 Å². The number of aromatic amines is 1. The van der Waals surface area contributed by atoms with Crippen LogP contribution in [0.5, 0.6) is 0 Å². The Morgan fingerprint density at radius 2 is 2.36 bits per heavy atom. The fourth-order valence-electron chi connectivity index (χ4n) is 2.99. The summed E-state index contributed by atoms with van der Waals surface area (Å²) in [5, 5.41) is 7.01. The number of esters is 1. The van der Waals surface area contributed by atoms with Gasteiger partial charge in [-0.3, -0.25) is 10.00 Å². The van der Waals surface area contributed by atoms with Gasteiger partial charge in [0, 0.05) is 12.7 Å². The van der Waals surface area contributed by atoms with Gasteiger partial charge >= 0.3 is 5.97 Å². The molecule has 22 heavy (non-hydrogen) atoms. The van der Waals surface area contributed by atoms with E-state index in [1.54, 1.807) is 12.3 Å². The molecule has 2 heterocycles. The molecule has 5 nitrogen and oxygen atoms in total. The molecule has 0 spiro atoms. The highest BCUT2D eigenvalue weighted by atomic mass is 19.1. The van der Waals surface area contributed by atoms with E-state index >= 15 is 0 Å². The van der Waals surface area contributed by atoms with E-state index in [0.29, 0.717) is 6.54 Å². The first-order chi connectivity index (χ1) is 10.7. The maximum absolute atomic E-state index is 14.0. The highest BCUT2D eigenvalue weighted by Gasteiger charge is 2.27. The summed E-state index contributed by atoms with van der Waals surface area (Å²) in [7, 11) is 1.24. The number of nitrogens with one attached hydrogen (secondary N) is 1. The quantitative estimate of drug-likeness (QED) is 0.882. The lowest BCUT2D eigenvalue weighted by molar-refractivity contribution is 0.0595. The molecule has 6 heteroatoms. The number of rotatable bonds is 4. The summed E-state index contributed by atoms with van der Waals surface area (Å²) in [6, 6.07) is 6.93. The zero-order valence-electron chi connectivity index (χ0n) is 12.4. The van der Waals surface area contributed by atoms with Crippen molar-refractivity contribution >= 4 is 5.97 Å². The Kier molecular flexibility index (Phi) is 4.20. The number of aromatic nitrogens is 2. The van der Waals surface area contributed by atoms with Crippen LogP contribution in [0, 0.1) is 5.82 Å². The molecule has 1 saturated heterocycles. The summed E-state index contributed by atoms with van der Waals surface area (Å²) in [6.07, 6.45) is 3.91. The maximum atomic E-state index is 14.0. The van der Waals surface area contributed by atoms with Gasteiger partial charge in [0.15, 0.2) is 0 Å². The van der Waals surface area contributed by atoms with Crippen molar-refractivity contribution in [1.29, 1.82) is 0 Å². The van der Waals surface area contributed by atoms with E-state index < -0.39 is 11.8 Å². The second kappa shape index (κ2) is 6.27. The molecule has 3 rings (SSSR count). The second-order valence-corrected chi connectivity index (χ2v) is 5.45. The summed E-state index contributed by atoms with van der Waals surface area (Å²) >= 11 is 0. The smallest absolute Gasteiger partial charge is 0.340 e. The van der Waals surface area contributed by atoms with E-state index in [4.69, 9.17) is 0 Å². The molecule has 1 atom stereocenters. The number of benzene rings is 1. The largest absolute Gasteiger partial charge is 0.465 e. The number of ether oxygens (including phenoxy) is 1. The minimum Gasteiger partial charge on any atom is -0.465 e. The number of methoxy groups -OCH3 is 1. The van der Waals surface area contributed by atoms with Crippen molar-refractivity contribution in [1.82, 2.24) is 15.1 Å². The molecule has 2 aromatic rings. The van der Waals surface area contributed by atoms with E-state index in [9.17, 15) is 9.18 Å². The van der Waals surface area contributed by atoms with Crippen molar-refractivity contribution in [2.75, 3.05) is 13.7 Å². The number of hydrogen-bond donors (Lipinski definition) is 1. The lowest BCUT2D eigenvalue weighted by atomic mass is 10.1. The molecule has 1 aliphatic heterocycles. The van der Waals surface area contributed by atoms with Crippen LogP contribution in [0.15, 0.2) is 30.5 Å². The van der Waals surface area contributed by atoms with Gasteiger partial charge in [0.25, 0.3) is 0 Å². The number of H-pyrrole nitrogens is 1. The van der Waals surface area contributed by atoms with Crippen LogP contribution in [0.25, 0.3) is 0 Å². The Bertz CT molecular complexity index is 657. The van der Waals surface area contributed by atoms with Gasteiger partial charge in [-0.15, -0.1) is 0 Å². The number of carbonyl (C=O) groups excluding carboxylic acids is 1. The van der Waals surface area contributed by atoms with Gasteiger partial charge in [-0.05, 0) is 43.1 Å². The maximum Gasteiger partial charge on any atom is 0.340 e. The van der Waals surface area contributed by atoms with Gasteiger partial charge in [0.1, 0.15) is 5.82 Å². The number of likely N-dealkylation sites (tertiary alicyclic amines) is 1. The third-order valence-corrected chi connectivity index (χ3v) is 4.07. The van der Waals surface area contributed by atoms with Crippen molar-refractivity contribution in [2.24, 2.45) is 0 Å². The minimum absolute atomic E-state index is 0.0298. The first-order valence-corrected chi connectivity index (χ1v) is 7.29. The lowest BCUT2D eigenvalue weighted by Crippen LogP contribution is -2.23. The Morgan fingerprint density at radius 3 is 3.05 bits per heavy atom. The van der Waals surface area contributed by atoms with E-state index in [0.717, 1.165) is 30.6 Å². The average molecular weight is 303 g/mol. The van der Waals surface area contributed by atoms with Crippen molar-refractivity contribution < 1.29 is 13.9 Å². The van der Waals surface area contributed by atoms with Crippen LogP contribution >= 0.6 is 0 Å². The highest BCUT2D eigenvalue weighted by molar-refractivity contribution is 5.89. The molecule has 116 valence electrons. The predicted octanol–water partition coefficient (Wildman–Crippen LogP) is 2.67. The molecule has 1 aromatic heterocycles. The molecular weight excluding hydrogens is 285 g/mol. The van der Waals surface area contributed by atoms with Crippen molar-refractivity contribution in [2.45, 2.75) is 25.4 Å². The van der Waals surface area contributed by atoms with Crippen LogP contribution < -0.4 is 0 Å². The third kappa shape index (κ3) is 2.87. The van der Waals surface area contributed by atoms with E-state index in [2.05, 4.69) is 19.8 Å². The van der Waals surface area contributed by atoms with Crippen molar-refractivity contribution in [3.63, 3.8) is 0 Å². The van der Waals surface area contributed by atoms with Gasteiger partial charge < -0.3 is 4.74 Å². The van der Waals surface area contributed by atoms with E-state index in [-0.39, 0.29) is 11.6 Å². The van der Waals surface area contributed by atoms with Gasteiger partial charge in [0.2, 0.25) is 0 Å². The highest BCUT2D eigenvalue weighted by Crippen LogP contribution is 2.32. The van der Waals surface area contributed by atoms with Gasteiger partial charge in [-0.1, -0.05) is 6.07 Å². The molecule has 0 amide bonds. The number of hydrogen-bond acceptors (Lipinski definition) is 4. The Hall–Kier alpha value is -2.21. The molecule has 1 aliphatic rings. The summed E-state index contributed by atoms with van der Waals surface area (Å²) in [6.45, 7) is 1.60. The molecule has 0 saturated carbocycles. The molecule has 1 N–H and O–H groups in total. The standard InChI is InChI=1S/C16H18FN3O2/c1-22-16(21)12-5-4-11(9-13(12)17)10-20-8-2-3-15(20)14-6-7-18-19-14/h4-7,9,15H,2-3,8,10H2,1H3,(H,18,19). The molecule has 0 bridgehead atoms. The summed E-state index contributed by atoms with van der Waals surface area (Å²) in [5.74, 6) is -1.19. The van der Waals surface area contributed by atoms with Gasteiger partial charge in [0.05, 0.1) is 24.4 Å². The molecule has 0 aliphatic carbocycles. The number of carbonyl (C=O) groups is 1. The van der Waals surface area contributed by atoms with Crippen molar-refractivity contribution in [3.05, 3.63) is 53.1 Å². The fourth-order valence-corrected chi connectivity index (χ4v) is 2.99. The first kappa shape index (κ1) is 14.7. The minimum atomic E-state index is -0.652. The SMILES string of the molecule is COC(=O)c1ccc(CN2CCCC2c2ccn[nH]2)cc1F. The van der Waals surface area contributed by atoms with Crippen LogP contribution in [0.1, 0.15) is 40.5 Å². The molecule has 1 aromatic carbocycles. The number of nitrogens with zero attached hydrogens (tertiary/aromatic N) is 2. The van der Waals surface area contributed by atoms with Crippen LogP contribution in [-0.4, -0.2) is 34.7 Å². The Balaban J connectivity index is 1.75. The van der Waals surface area contributed by atoms with Crippen molar-refractivity contribution in [3.8, 4) is 0 Å². The zero-order chi connectivity index (χ0) is 15.5. The second-order valence-electron chi connectivity index (χ2n) is 5.45. The average Bonchev–Trinajstić information content (AvgIpc) is 3.17. The first-order valence-electron chi connectivity index (χ1n) is 7.29. The van der Waals surface area contributed by atoms with Gasteiger partial charge in [-0.25, -0.2) is 9.18 Å². The molecule has 1 unspecified atom stereocenters. The summed E-state index contributed by atoms with van der Waals surface area (Å²) < 4.78 is 18.6. The van der Waals surface area contributed by atoms with Crippen LogP contribution in [-0.2, 0) is 11.3 Å². The predicted molar refractivity (Wildman–Crippen MR) is 78.7 cm³/mol. The molecule has 1 fully saturated rings. The number of halogens is 1. The summed E-state index contributed by atoms with van der Waals surface area (Å²) in [4.78, 5) is 13.7. The Labute approximate surface area is 128 Å². The van der Waals surface area contributed by atoms with E-state index in [1.807, 2.05) is 6.07 Å². The van der Waals surface area contributed by atoms with Crippen LogP contribution in [0.4, 0.5) is 4.39 Å². The topological polar surface area (TPSA) is 58.2 Å². The normalized spacial score (nSPS) is 18.5. The fraction of sp³-hybridized carbons (Fsp3) is 0.375.